The Morgan fingerprint density at radius 2 is 1.14 bits per heavy atom. The van der Waals surface area contributed by atoms with Gasteiger partial charge in [0.05, 0.1) is 27.8 Å². The summed E-state index contributed by atoms with van der Waals surface area (Å²) in [5.74, 6) is -6.23. The number of rotatable bonds is 14. The van der Waals surface area contributed by atoms with Gasteiger partial charge >= 0.3 is 30.0 Å². The Morgan fingerprint density at radius 1 is 0.667 bits per heavy atom. The highest BCUT2D eigenvalue weighted by Crippen LogP contribution is 2.26. The highest BCUT2D eigenvalue weighted by atomic mass is 35.5. The number of carbonyl (C=O) groups excluding carboxylic acids is 6. The molecule has 0 aromatic heterocycles. The van der Waals surface area contributed by atoms with E-state index in [0.717, 1.165) is 5.56 Å². The number of carboxylic acids is 2. The lowest BCUT2D eigenvalue weighted by Crippen LogP contribution is -2.42. The van der Waals surface area contributed by atoms with Gasteiger partial charge in [-0.15, -0.1) is 0 Å². The van der Waals surface area contributed by atoms with Crippen LogP contribution < -0.4 is 16.0 Å². The molecule has 0 bridgehead atoms. The van der Waals surface area contributed by atoms with Gasteiger partial charge in [-0.05, 0) is 29.8 Å². The summed E-state index contributed by atoms with van der Waals surface area (Å²) in [7, 11) is 0. The first-order chi connectivity index (χ1) is 24.1. The number of nitrogens with one attached hydrogen (secondary N) is 3. The zero-order valence-corrected chi connectivity index (χ0v) is 28.4. The molecule has 0 aliphatic rings. The molecule has 3 rings (SSSR count). The number of aliphatic carboxylic acids is 2. The molecule has 0 saturated carbocycles. The number of hydrogen-bond donors (Lipinski definition) is 5. The van der Waals surface area contributed by atoms with Crippen LogP contribution in [-0.2, 0) is 44.8 Å². The van der Waals surface area contributed by atoms with E-state index in [1.807, 2.05) is 5.32 Å². The minimum Gasteiger partial charge on any atom is -0.481 e. The van der Waals surface area contributed by atoms with Crippen molar-refractivity contribution in [3.05, 3.63) is 93.5 Å². The average Bonchev–Trinajstić information content (AvgIpc) is 3.05. The molecule has 18 heteroatoms. The maximum atomic E-state index is 12.3. The van der Waals surface area contributed by atoms with Gasteiger partial charge in [0.15, 0.2) is 13.2 Å². The molecule has 0 radical (unpaired) electrons. The smallest absolute Gasteiger partial charge is 0.408 e. The highest BCUT2D eigenvalue weighted by molar-refractivity contribution is 6.35. The van der Waals surface area contributed by atoms with Gasteiger partial charge in [-0.3, -0.25) is 19.2 Å². The van der Waals surface area contributed by atoms with Crippen molar-refractivity contribution in [2.24, 2.45) is 0 Å². The maximum absolute atomic E-state index is 12.3. The van der Waals surface area contributed by atoms with E-state index in [4.69, 9.17) is 47.6 Å². The Kier molecular flexibility index (Phi) is 16.5. The molecule has 0 fully saturated rings. The van der Waals surface area contributed by atoms with Gasteiger partial charge in [-0.2, -0.15) is 0 Å². The Hall–Kier alpha value is -6.00. The lowest BCUT2D eigenvalue weighted by atomic mass is 10.1. The first kappa shape index (κ1) is 41.2. The molecule has 0 aliphatic heterocycles. The van der Waals surface area contributed by atoms with E-state index in [2.05, 4.69) is 10.6 Å². The van der Waals surface area contributed by atoms with Crippen molar-refractivity contribution in [2.45, 2.75) is 32.9 Å². The monoisotopic (exact) mass is 747 g/mol. The number of hydrogen-bond acceptors (Lipinski definition) is 11. The van der Waals surface area contributed by atoms with Crippen LogP contribution in [0, 0.1) is 0 Å². The number of alkyl carbamates (subject to hydrolysis) is 1. The topological polar surface area (TPSA) is 241 Å². The van der Waals surface area contributed by atoms with E-state index in [1.54, 1.807) is 30.3 Å². The quantitative estimate of drug-likeness (QED) is 0.114. The van der Waals surface area contributed by atoms with Crippen molar-refractivity contribution in [1.29, 1.82) is 0 Å². The standard InChI is InChI=1S/C21H18Cl2N2O7.C12H13NO6/c1-11(26)24-16-7-3-5-14(22)18(16)20(29)31-9-13(28)10-32-21(30)19-15(23)6-4-8-17(19)25-12(2)27;14-10(15)6-9(11(16)17)13-12(18)19-7-8-4-2-1-3-5-8/h3-8H,9-10H2,1-2H3,(H,24,26)(H,25,27);1-5,9H,6-7H2,(H,13,18)(H,14,15)(H,16,17)/t;9-/m.0/s1. The van der Waals surface area contributed by atoms with Crippen LogP contribution in [0.5, 0.6) is 0 Å². The van der Waals surface area contributed by atoms with Crippen molar-refractivity contribution in [1.82, 2.24) is 5.32 Å². The summed E-state index contributed by atoms with van der Waals surface area (Å²) in [6.45, 7) is 1.07. The van der Waals surface area contributed by atoms with Gasteiger partial charge in [0.25, 0.3) is 0 Å². The van der Waals surface area contributed by atoms with E-state index < -0.39 is 73.2 Å². The molecule has 3 amide bonds. The van der Waals surface area contributed by atoms with Crippen LogP contribution in [0.4, 0.5) is 16.2 Å². The van der Waals surface area contributed by atoms with Gasteiger partial charge in [-0.1, -0.05) is 65.7 Å². The van der Waals surface area contributed by atoms with Crippen LogP contribution in [0.1, 0.15) is 46.5 Å². The number of anilines is 2. The predicted molar refractivity (Wildman–Crippen MR) is 181 cm³/mol. The second-order valence-electron chi connectivity index (χ2n) is 10.1. The van der Waals surface area contributed by atoms with Gasteiger partial charge in [0.2, 0.25) is 17.6 Å². The predicted octanol–water partition coefficient (Wildman–Crippen LogP) is 4.33. The summed E-state index contributed by atoms with van der Waals surface area (Å²) in [5, 5.41) is 24.1. The molecule has 5 N–H and O–H groups in total. The number of carbonyl (C=O) groups is 8. The summed E-state index contributed by atoms with van der Waals surface area (Å²) >= 11 is 12.0. The molecule has 0 saturated heterocycles. The number of esters is 2. The largest absolute Gasteiger partial charge is 0.481 e. The minimum atomic E-state index is -1.51. The molecule has 270 valence electrons. The Balaban J connectivity index is 0.000000404. The van der Waals surface area contributed by atoms with Gasteiger partial charge < -0.3 is 40.4 Å². The van der Waals surface area contributed by atoms with Gasteiger partial charge in [0.1, 0.15) is 23.8 Å². The Labute approximate surface area is 300 Å². The van der Waals surface area contributed by atoms with Crippen molar-refractivity contribution >= 4 is 82.1 Å². The molecule has 3 aromatic carbocycles. The van der Waals surface area contributed by atoms with E-state index in [1.165, 1.54) is 50.2 Å². The zero-order valence-electron chi connectivity index (χ0n) is 26.9. The zero-order chi connectivity index (χ0) is 38.1. The molecule has 0 unspecified atom stereocenters. The van der Waals surface area contributed by atoms with Crippen molar-refractivity contribution in [2.75, 3.05) is 23.8 Å². The van der Waals surface area contributed by atoms with Crippen LogP contribution in [0.25, 0.3) is 0 Å². The fraction of sp³-hybridized carbons (Fsp3) is 0.212. The number of carboxylic acid groups (broad SMARTS) is 2. The molecule has 3 aromatic rings. The molecule has 0 spiro atoms. The summed E-state index contributed by atoms with van der Waals surface area (Å²) in [4.78, 5) is 91.8. The van der Waals surface area contributed by atoms with Crippen LogP contribution >= 0.6 is 23.2 Å². The Morgan fingerprint density at radius 3 is 1.55 bits per heavy atom. The summed E-state index contributed by atoms with van der Waals surface area (Å²) in [5.41, 5.74) is 0.745. The lowest BCUT2D eigenvalue weighted by molar-refractivity contribution is -0.145. The van der Waals surface area contributed by atoms with Crippen molar-refractivity contribution in [3.8, 4) is 0 Å². The van der Waals surface area contributed by atoms with E-state index >= 15 is 0 Å². The van der Waals surface area contributed by atoms with Crippen LogP contribution in [0.2, 0.25) is 10.0 Å². The number of halogens is 2. The second-order valence-corrected chi connectivity index (χ2v) is 10.9. The molecular weight excluding hydrogens is 717 g/mol. The molecule has 1 atom stereocenters. The van der Waals surface area contributed by atoms with E-state index in [-0.39, 0.29) is 39.2 Å². The molecule has 0 heterocycles. The average molecular weight is 749 g/mol. The molecular formula is C33H31Cl2N3O13. The Bertz CT molecular complexity index is 1700. The first-order valence-electron chi connectivity index (χ1n) is 14.5. The minimum absolute atomic E-state index is 0.0179. The number of ether oxygens (including phenoxy) is 3. The molecule has 51 heavy (non-hydrogen) atoms. The van der Waals surface area contributed by atoms with Crippen molar-refractivity contribution in [3.63, 3.8) is 0 Å². The molecule has 0 aliphatic carbocycles. The number of Topliss-reactive ketones (excluding diaryl/α,β-unsaturated/α-hetero) is 1. The number of benzene rings is 3. The van der Waals surface area contributed by atoms with Crippen LogP contribution in [0.3, 0.4) is 0 Å². The lowest BCUT2D eigenvalue weighted by Gasteiger charge is -2.12. The summed E-state index contributed by atoms with van der Waals surface area (Å²) in [6.07, 6.45) is -1.69. The van der Waals surface area contributed by atoms with E-state index in [9.17, 15) is 38.4 Å². The third-order valence-electron chi connectivity index (χ3n) is 5.97. The highest BCUT2D eigenvalue weighted by Gasteiger charge is 2.24. The number of amides is 3. The third-order valence-corrected chi connectivity index (χ3v) is 6.60. The first-order valence-corrected chi connectivity index (χ1v) is 15.2. The van der Waals surface area contributed by atoms with Gasteiger partial charge in [-0.25, -0.2) is 19.2 Å². The SMILES string of the molecule is CC(=O)Nc1cccc(Cl)c1C(=O)OCC(=O)COC(=O)c1c(Cl)cccc1NC(C)=O.O=C(O)C[C@H](NC(=O)OCc1ccccc1)C(=O)O. The maximum Gasteiger partial charge on any atom is 0.408 e. The fourth-order valence-electron chi connectivity index (χ4n) is 3.81. The summed E-state index contributed by atoms with van der Waals surface area (Å²) in [6, 6.07) is 16.1. The summed E-state index contributed by atoms with van der Waals surface area (Å²) < 4.78 is 14.6. The normalized spacial score (nSPS) is 10.6. The van der Waals surface area contributed by atoms with Crippen molar-refractivity contribution < 1.29 is 62.8 Å². The third kappa shape index (κ3) is 14.6. The second kappa shape index (κ2) is 20.5. The van der Waals surface area contributed by atoms with Crippen LogP contribution in [0.15, 0.2) is 66.7 Å². The fourth-order valence-corrected chi connectivity index (χ4v) is 4.31. The number of ketones is 1. The molecule has 16 nitrogen and oxygen atoms in total. The van der Waals surface area contributed by atoms with Crippen LogP contribution in [-0.4, -0.2) is 77.0 Å². The van der Waals surface area contributed by atoms with Gasteiger partial charge in [0, 0.05) is 13.8 Å². The van der Waals surface area contributed by atoms with E-state index in [0.29, 0.717) is 0 Å².